The van der Waals surface area contributed by atoms with Crippen molar-refractivity contribution in [3.05, 3.63) is 0 Å². The standard InChI is InChI=1S/C15H32N2O2/c1-13(2)12-17(11-10-16(5)6)9-7-8-15(3,4)14(18)19/h13H,7-12H2,1-6H3,(H,18,19). The fourth-order valence-electron chi connectivity index (χ4n) is 2.00. The molecule has 4 heteroatoms. The topological polar surface area (TPSA) is 43.8 Å². The molecule has 4 nitrogen and oxygen atoms in total. The molecule has 114 valence electrons. The van der Waals surface area contributed by atoms with Gasteiger partial charge >= 0.3 is 5.97 Å². The van der Waals surface area contributed by atoms with Crippen molar-refractivity contribution in [1.82, 2.24) is 9.80 Å². The summed E-state index contributed by atoms with van der Waals surface area (Å²) < 4.78 is 0. The SMILES string of the molecule is CC(C)CN(CCCC(C)(C)C(=O)O)CCN(C)C. The van der Waals surface area contributed by atoms with Gasteiger partial charge in [0.1, 0.15) is 0 Å². The lowest BCUT2D eigenvalue weighted by atomic mass is 9.88. The number of likely N-dealkylation sites (N-methyl/N-ethyl adjacent to an activating group) is 1. The molecule has 0 saturated heterocycles. The summed E-state index contributed by atoms with van der Waals surface area (Å²) in [4.78, 5) is 15.7. The van der Waals surface area contributed by atoms with Crippen molar-refractivity contribution in [2.24, 2.45) is 11.3 Å². The van der Waals surface area contributed by atoms with Crippen LogP contribution in [0.2, 0.25) is 0 Å². The first-order chi connectivity index (χ1) is 8.65. The Morgan fingerprint density at radius 3 is 2.16 bits per heavy atom. The first-order valence-electron chi connectivity index (χ1n) is 7.25. The van der Waals surface area contributed by atoms with E-state index in [0.717, 1.165) is 39.0 Å². The molecule has 0 aromatic carbocycles. The predicted molar refractivity (Wildman–Crippen MR) is 80.5 cm³/mol. The molecule has 0 fully saturated rings. The van der Waals surface area contributed by atoms with E-state index in [4.69, 9.17) is 5.11 Å². The molecule has 0 atom stereocenters. The second-order valence-corrected chi connectivity index (χ2v) is 6.79. The van der Waals surface area contributed by atoms with Gasteiger partial charge in [0, 0.05) is 19.6 Å². The third-order valence-electron chi connectivity index (χ3n) is 3.34. The van der Waals surface area contributed by atoms with Gasteiger partial charge in [-0.2, -0.15) is 0 Å². The molecular formula is C15H32N2O2. The van der Waals surface area contributed by atoms with Crippen molar-refractivity contribution in [2.75, 3.05) is 40.3 Å². The number of nitrogens with zero attached hydrogens (tertiary/aromatic N) is 2. The zero-order valence-electron chi connectivity index (χ0n) is 13.6. The highest BCUT2D eigenvalue weighted by atomic mass is 16.4. The van der Waals surface area contributed by atoms with Crippen molar-refractivity contribution < 1.29 is 9.90 Å². The fourth-order valence-corrected chi connectivity index (χ4v) is 2.00. The van der Waals surface area contributed by atoms with Crippen LogP contribution in [0.3, 0.4) is 0 Å². The maximum atomic E-state index is 11.1. The van der Waals surface area contributed by atoms with Crippen LogP contribution in [-0.2, 0) is 4.79 Å². The summed E-state index contributed by atoms with van der Waals surface area (Å²) in [5, 5.41) is 9.11. The van der Waals surface area contributed by atoms with E-state index in [1.807, 2.05) is 13.8 Å². The Morgan fingerprint density at radius 1 is 1.16 bits per heavy atom. The molecule has 0 aromatic rings. The van der Waals surface area contributed by atoms with Crippen LogP contribution in [0, 0.1) is 11.3 Å². The van der Waals surface area contributed by atoms with E-state index >= 15 is 0 Å². The first kappa shape index (κ1) is 18.4. The lowest BCUT2D eigenvalue weighted by Gasteiger charge is -2.27. The Balaban J connectivity index is 4.14. The maximum Gasteiger partial charge on any atom is 0.309 e. The van der Waals surface area contributed by atoms with E-state index in [2.05, 4.69) is 37.7 Å². The summed E-state index contributed by atoms with van der Waals surface area (Å²) in [6, 6.07) is 0. The molecule has 0 heterocycles. The van der Waals surface area contributed by atoms with Gasteiger partial charge in [0.25, 0.3) is 0 Å². The molecule has 0 rings (SSSR count). The second kappa shape index (κ2) is 8.54. The zero-order chi connectivity index (χ0) is 15.1. The van der Waals surface area contributed by atoms with Crippen molar-refractivity contribution >= 4 is 5.97 Å². The molecule has 0 spiro atoms. The summed E-state index contributed by atoms with van der Waals surface area (Å²) >= 11 is 0. The minimum Gasteiger partial charge on any atom is -0.481 e. The molecule has 0 aliphatic rings. The number of carbonyl (C=O) groups is 1. The summed E-state index contributed by atoms with van der Waals surface area (Å²) in [5.74, 6) is -0.0501. The Hall–Kier alpha value is -0.610. The molecule has 0 aliphatic carbocycles. The minimum absolute atomic E-state index is 0.606. The monoisotopic (exact) mass is 272 g/mol. The van der Waals surface area contributed by atoms with Crippen molar-refractivity contribution in [1.29, 1.82) is 0 Å². The van der Waals surface area contributed by atoms with Crippen LogP contribution in [-0.4, -0.2) is 61.2 Å². The molecule has 0 aromatic heterocycles. The van der Waals surface area contributed by atoms with Crippen LogP contribution in [0.15, 0.2) is 0 Å². The van der Waals surface area contributed by atoms with E-state index in [1.165, 1.54) is 0 Å². The van der Waals surface area contributed by atoms with Gasteiger partial charge in [0.2, 0.25) is 0 Å². The van der Waals surface area contributed by atoms with Crippen LogP contribution in [0.5, 0.6) is 0 Å². The molecular weight excluding hydrogens is 240 g/mol. The minimum atomic E-state index is -0.698. The maximum absolute atomic E-state index is 11.1. The molecule has 0 aliphatic heterocycles. The van der Waals surface area contributed by atoms with Crippen LogP contribution in [0.4, 0.5) is 0 Å². The quantitative estimate of drug-likeness (QED) is 0.663. The third kappa shape index (κ3) is 9.00. The van der Waals surface area contributed by atoms with Gasteiger partial charge in [-0.25, -0.2) is 0 Å². The summed E-state index contributed by atoms with van der Waals surface area (Å²) in [6.07, 6.45) is 1.68. The number of carboxylic acid groups (broad SMARTS) is 1. The molecule has 19 heavy (non-hydrogen) atoms. The van der Waals surface area contributed by atoms with E-state index in [0.29, 0.717) is 5.92 Å². The van der Waals surface area contributed by atoms with Gasteiger partial charge in [0.05, 0.1) is 5.41 Å². The number of aliphatic carboxylic acids is 1. The molecule has 0 saturated carbocycles. The molecule has 0 radical (unpaired) electrons. The van der Waals surface area contributed by atoms with Crippen molar-refractivity contribution in [3.8, 4) is 0 Å². The molecule has 0 unspecified atom stereocenters. The Labute approximate surface area is 118 Å². The fraction of sp³-hybridized carbons (Fsp3) is 0.933. The van der Waals surface area contributed by atoms with Crippen molar-refractivity contribution in [2.45, 2.75) is 40.5 Å². The third-order valence-corrected chi connectivity index (χ3v) is 3.34. The summed E-state index contributed by atoms with van der Waals surface area (Å²) in [5.41, 5.74) is -0.606. The zero-order valence-corrected chi connectivity index (χ0v) is 13.6. The molecule has 1 N–H and O–H groups in total. The predicted octanol–water partition coefficient (Wildman–Crippen LogP) is 2.40. The molecule has 0 amide bonds. The van der Waals surface area contributed by atoms with Crippen LogP contribution >= 0.6 is 0 Å². The van der Waals surface area contributed by atoms with Crippen molar-refractivity contribution in [3.63, 3.8) is 0 Å². The lowest BCUT2D eigenvalue weighted by molar-refractivity contribution is -0.147. The lowest BCUT2D eigenvalue weighted by Crippen LogP contribution is -2.35. The normalized spacial score (nSPS) is 12.7. The Kier molecular flexibility index (Phi) is 8.26. The van der Waals surface area contributed by atoms with E-state index in [-0.39, 0.29) is 0 Å². The van der Waals surface area contributed by atoms with Gasteiger partial charge in [-0.05, 0) is 53.2 Å². The average molecular weight is 272 g/mol. The summed E-state index contributed by atoms with van der Waals surface area (Å²) in [6.45, 7) is 12.2. The largest absolute Gasteiger partial charge is 0.481 e. The molecule has 0 bridgehead atoms. The average Bonchev–Trinajstić information content (AvgIpc) is 2.24. The number of rotatable bonds is 10. The summed E-state index contributed by atoms with van der Waals surface area (Å²) in [7, 11) is 4.17. The smallest absolute Gasteiger partial charge is 0.309 e. The number of carboxylic acids is 1. The number of hydrogen-bond acceptors (Lipinski definition) is 3. The van der Waals surface area contributed by atoms with E-state index in [1.54, 1.807) is 0 Å². The Morgan fingerprint density at radius 2 is 1.74 bits per heavy atom. The van der Waals surface area contributed by atoms with Gasteiger partial charge in [-0.1, -0.05) is 13.8 Å². The first-order valence-corrected chi connectivity index (χ1v) is 7.25. The highest BCUT2D eigenvalue weighted by Crippen LogP contribution is 2.22. The van der Waals surface area contributed by atoms with Gasteiger partial charge in [-0.3, -0.25) is 4.79 Å². The van der Waals surface area contributed by atoms with Crippen LogP contribution in [0.25, 0.3) is 0 Å². The highest BCUT2D eigenvalue weighted by molar-refractivity contribution is 5.73. The highest BCUT2D eigenvalue weighted by Gasteiger charge is 2.26. The van der Waals surface area contributed by atoms with Gasteiger partial charge < -0.3 is 14.9 Å². The van der Waals surface area contributed by atoms with Gasteiger partial charge in [-0.15, -0.1) is 0 Å². The van der Waals surface area contributed by atoms with Gasteiger partial charge in [0.15, 0.2) is 0 Å². The van der Waals surface area contributed by atoms with E-state index in [9.17, 15) is 4.79 Å². The second-order valence-electron chi connectivity index (χ2n) is 6.79. The van der Waals surface area contributed by atoms with Crippen LogP contribution in [0.1, 0.15) is 40.5 Å². The van der Waals surface area contributed by atoms with E-state index < -0.39 is 11.4 Å². The Bertz CT molecular complexity index is 263. The van der Waals surface area contributed by atoms with Crippen LogP contribution < -0.4 is 0 Å². The number of hydrogen-bond donors (Lipinski definition) is 1.